The molecule has 0 unspecified atom stereocenters. The van der Waals surface area contributed by atoms with E-state index < -0.39 is 0 Å². The Labute approximate surface area is 112 Å². The van der Waals surface area contributed by atoms with Crippen LogP contribution >= 0.6 is 0 Å². The molecule has 0 bridgehead atoms. The van der Waals surface area contributed by atoms with E-state index in [2.05, 4.69) is 15.5 Å². The number of nitrogens with zero attached hydrogens (tertiary/aromatic N) is 1. The Kier molecular flexibility index (Phi) is 3.85. The van der Waals surface area contributed by atoms with Crippen LogP contribution in [0.4, 0.5) is 11.5 Å². The van der Waals surface area contributed by atoms with E-state index in [0.29, 0.717) is 17.1 Å². The molecule has 0 aliphatic rings. The number of ether oxygens (including phenoxy) is 1. The average molecular weight is 259 g/mol. The highest BCUT2D eigenvalue weighted by molar-refractivity contribution is 5.96. The smallest absolute Gasteiger partial charge is 0.344 e. The molecule has 5 nitrogen and oxygen atoms in total. The average Bonchev–Trinajstić information content (AvgIpc) is 2.71. The highest BCUT2D eigenvalue weighted by Crippen LogP contribution is 2.22. The van der Waals surface area contributed by atoms with Gasteiger partial charge in [-0.05, 0) is 32.9 Å². The summed E-state index contributed by atoms with van der Waals surface area (Å²) in [7, 11) is 0. The molecular weight excluding hydrogens is 242 g/mol. The number of carbonyl (C=O) groups excluding carboxylic acids is 1. The molecule has 0 atom stereocenters. The first-order valence-corrected chi connectivity index (χ1v) is 6.16. The molecule has 0 aliphatic heterocycles. The predicted molar refractivity (Wildman–Crippen MR) is 73.6 cm³/mol. The maximum Gasteiger partial charge on any atom is 0.344 e. The normalized spacial score (nSPS) is 10.5. The zero-order valence-electron chi connectivity index (χ0n) is 11.2. The third-order valence-corrected chi connectivity index (χ3v) is 2.53. The summed E-state index contributed by atoms with van der Waals surface area (Å²) in [6.45, 7) is 5.43. The van der Waals surface area contributed by atoms with Crippen LogP contribution in [-0.4, -0.2) is 22.3 Å². The number of rotatable bonds is 4. The van der Waals surface area contributed by atoms with E-state index in [9.17, 15) is 4.79 Å². The van der Waals surface area contributed by atoms with Crippen molar-refractivity contribution in [1.29, 1.82) is 0 Å². The van der Waals surface area contributed by atoms with Crippen LogP contribution in [0.5, 0.6) is 0 Å². The van der Waals surface area contributed by atoms with Gasteiger partial charge in [-0.3, -0.25) is 5.10 Å². The van der Waals surface area contributed by atoms with Crippen LogP contribution in [-0.2, 0) is 4.74 Å². The molecule has 5 heteroatoms. The van der Waals surface area contributed by atoms with Gasteiger partial charge >= 0.3 is 5.97 Å². The van der Waals surface area contributed by atoms with E-state index in [0.717, 1.165) is 5.69 Å². The highest BCUT2D eigenvalue weighted by Gasteiger charge is 2.20. The third-order valence-electron chi connectivity index (χ3n) is 2.53. The monoisotopic (exact) mass is 259 g/mol. The second-order valence-corrected chi connectivity index (χ2v) is 4.52. The summed E-state index contributed by atoms with van der Waals surface area (Å²) >= 11 is 0. The molecule has 2 aromatic rings. The highest BCUT2D eigenvalue weighted by atomic mass is 16.5. The molecule has 1 heterocycles. The van der Waals surface area contributed by atoms with Crippen molar-refractivity contribution < 1.29 is 9.53 Å². The lowest BCUT2D eigenvalue weighted by Gasteiger charge is -2.09. The minimum Gasteiger partial charge on any atom is -0.459 e. The fourth-order valence-electron chi connectivity index (χ4n) is 1.70. The van der Waals surface area contributed by atoms with Gasteiger partial charge in [0.2, 0.25) is 0 Å². The van der Waals surface area contributed by atoms with Gasteiger partial charge in [0.15, 0.2) is 5.82 Å². The SMILES string of the molecule is Cc1[nH]nc(Nc2ccccc2)c1C(=O)OC(C)C. The van der Waals surface area contributed by atoms with Gasteiger partial charge in [-0.1, -0.05) is 18.2 Å². The van der Waals surface area contributed by atoms with Gasteiger partial charge < -0.3 is 10.1 Å². The number of hydrogen-bond donors (Lipinski definition) is 2. The Morgan fingerprint density at radius 2 is 2.00 bits per heavy atom. The van der Waals surface area contributed by atoms with Gasteiger partial charge in [0.1, 0.15) is 5.56 Å². The molecule has 0 aliphatic carbocycles. The Hall–Kier alpha value is -2.30. The maximum absolute atomic E-state index is 12.0. The van der Waals surface area contributed by atoms with Crippen molar-refractivity contribution >= 4 is 17.5 Å². The summed E-state index contributed by atoms with van der Waals surface area (Å²) in [5.74, 6) is 0.106. The second kappa shape index (κ2) is 5.56. The molecule has 0 saturated heterocycles. The minimum absolute atomic E-state index is 0.161. The molecule has 2 N–H and O–H groups in total. The van der Waals surface area contributed by atoms with E-state index >= 15 is 0 Å². The molecule has 1 aromatic carbocycles. The Morgan fingerprint density at radius 1 is 1.32 bits per heavy atom. The summed E-state index contributed by atoms with van der Waals surface area (Å²) in [4.78, 5) is 12.0. The van der Waals surface area contributed by atoms with E-state index in [1.54, 1.807) is 6.92 Å². The lowest BCUT2D eigenvalue weighted by atomic mass is 10.2. The Morgan fingerprint density at radius 3 is 2.63 bits per heavy atom. The number of para-hydroxylation sites is 1. The summed E-state index contributed by atoms with van der Waals surface area (Å²) in [6, 6.07) is 9.56. The van der Waals surface area contributed by atoms with Crippen LogP contribution in [0.1, 0.15) is 29.9 Å². The number of aryl methyl sites for hydroxylation is 1. The summed E-state index contributed by atoms with van der Waals surface area (Å²) in [5, 5.41) is 10.0. The predicted octanol–water partition coefficient (Wildman–Crippen LogP) is 3.03. The van der Waals surface area contributed by atoms with Crippen LogP contribution in [0, 0.1) is 6.92 Å². The zero-order valence-corrected chi connectivity index (χ0v) is 11.2. The first-order chi connectivity index (χ1) is 9.08. The number of H-pyrrole nitrogens is 1. The molecule has 0 spiro atoms. The number of esters is 1. The van der Waals surface area contributed by atoms with Gasteiger partial charge in [-0.15, -0.1) is 0 Å². The lowest BCUT2D eigenvalue weighted by Crippen LogP contribution is -2.13. The number of nitrogens with one attached hydrogen (secondary N) is 2. The van der Waals surface area contributed by atoms with Crippen molar-refractivity contribution in [2.24, 2.45) is 0 Å². The summed E-state index contributed by atoms with van der Waals surface area (Å²) in [6.07, 6.45) is -0.161. The van der Waals surface area contributed by atoms with E-state index in [4.69, 9.17) is 4.74 Å². The van der Waals surface area contributed by atoms with Gasteiger partial charge in [-0.2, -0.15) is 5.10 Å². The van der Waals surface area contributed by atoms with E-state index in [-0.39, 0.29) is 12.1 Å². The number of aromatic amines is 1. The van der Waals surface area contributed by atoms with Crippen molar-refractivity contribution in [1.82, 2.24) is 10.2 Å². The molecule has 19 heavy (non-hydrogen) atoms. The fraction of sp³-hybridized carbons (Fsp3) is 0.286. The molecule has 0 saturated carbocycles. The molecule has 2 rings (SSSR count). The van der Waals surface area contributed by atoms with Crippen LogP contribution in [0.15, 0.2) is 30.3 Å². The topological polar surface area (TPSA) is 67.0 Å². The molecule has 0 fully saturated rings. The van der Waals surface area contributed by atoms with E-state index in [1.165, 1.54) is 0 Å². The maximum atomic E-state index is 12.0. The molecule has 1 aromatic heterocycles. The second-order valence-electron chi connectivity index (χ2n) is 4.52. The van der Waals surface area contributed by atoms with Crippen LogP contribution in [0.2, 0.25) is 0 Å². The van der Waals surface area contributed by atoms with Crippen LogP contribution in [0.25, 0.3) is 0 Å². The van der Waals surface area contributed by atoms with Crippen molar-refractivity contribution in [3.8, 4) is 0 Å². The van der Waals surface area contributed by atoms with Gasteiger partial charge in [-0.25, -0.2) is 4.79 Å². The van der Waals surface area contributed by atoms with Crippen molar-refractivity contribution in [2.45, 2.75) is 26.9 Å². The molecule has 100 valence electrons. The standard InChI is InChI=1S/C14H17N3O2/c1-9(2)19-14(18)12-10(3)16-17-13(12)15-11-7-5-4-6-8-11/h4-9H,1-3H3,(H2,15,16,17). The molecule has 0 amide bonds. The van der Waals surface area contributed by atoms with Gasteiger partial charge in [0.05, 0.1) is 6.10 Å². The fourth-order valence-corrected chi connectivity index (χ4v) is 1.70. The first-order valence-electron chi connectivity index (χ1n) is 6.16. The van der Waals surface area contributed by atoms with Crippen molar-refractivity contribution in [3.05, 3.63) is 41.6 Å². The van der Waals surface area contributed by atoms with Crippen molar-refractivity contribution in [2.75, 3.05) is 5.32 Å². The number of anilines is 2. The van der Waals surface area contributed by atoms with Gasteiger partial charge in [0.25, 0.3) is 0 Å². The summed E-state index contributed by atoms with van der Waals surface area (Å²) in [5.41, 5.74) is 1.99. The largest absolute Gasteiger partial charge is 0.459 e. The third kappa shape index (κ3) is 3.13. The Balaban J connectivity index is 2.25. The summed E-state index contributed by atoms with van der Waals surface area (Å²) < 4.78 is 5.21. The quantitative estimate of drug-likeness (QED) is 0.828. The number of aromatic nitrogens is 2. The zero-order chi connectivity index (χ0) is 13.8. The number of hydrogen-bond acceptors (Lipinski definition) is 4. The molecular formula is C14H17N3O2. The van der Waals surface area contributed by atoms with Gasteiger partial charge in [0, 0.05) is 11.4 Å². The molecule has 0 radical (unpaired) electrons. The first kappa shape index (κ1) is 13.1. The van der Waals surface area contributed by atoms with Crippen LogP contribution < -0.4 is 5.32 Å². The van der Waals surface area contributed by atoms with E-state index in [1.807, 2.05) is 44.2 Å². The number of benzene rings is 1. The van der Waals surface area contributed by atoms with Crippen molar-refractivity contribution in [3.63, 3.8) is 0 Å². The number of carbonyl (C=O) groups is 1. The Bertz CT molecular complexity index is 561. The minimum atomic E-state index is -0.375. The van der Waals surface area contributed by atoms with Crippen LogP contribution in [0.3, 0.4) is 0 Å². The lowest BCUT2D eigenvalue weighted by molar-refractivity contribution is 0.0378.